The van der Waals surface area contributed by atoms with Crippen LogP contribution in [0.5, 0.6) is 11.5 Å². The fraction of sp³-hybridized carbons (Fsp3) is 0.429. The maximum absolute atomic E-state index is 13.7. The molecule has 6 rings (SSSR count). The molecular formula is C35H34O16. The number of fused-ring (bicyclic) bond motifs is 3. The quantitative estimate of drug-likeness (QED) is 0.189. The van der Waals surface area contributed by atoms with Crippen molar-refractivity contribution in [2.75, 3.05) is 14.2 Å². The van der Waals surface area contributed by atoms with Gasteiger partial charge >= 0.3 is 17.9 Å². The van der Waals surface area contributed by atoms with Crippen molar-refractivity contribution in [2.45, 2.75) is 82.1 Å². The van der Waals surface area contributed by atoms with Crippen molar-refractivity contribution < 1.29 is 77.6 Å². The third-order valence-electron chi connectivity index (χ3n) is 9.74. The molecule has 1 saturated heterocycles. The molecule has 0 radical (unpaired) electrons. The number of aromatic hydroxyl groups is 2. The van der Waals surface area contributed by atoms with Gasteiger partial charge in [0.25, 0.3) is 0 Å². The molecule has 2 aromatic rings. The standard InChI is InChI=1S/C35H34O16/c1-12-14(33(44)51-32(12)43)9-10-19(37)49-27-13(2)48-34(29(46-4)26(27)41)50-28-22-17(30(42)35(3,45)31(28)47-5)11-16-21(25(22)40)24(39)20-15(23(16)38)7-6-8-18(20)36/h6-8,11,13,26-29,31,34,36,40-41,45H,9-10H2,1-5H3/t13-,26+,27-,28+,29+,31-,34-,35+/m0/s1. The smallest absolute Gasteiger partial charge is 0.342 e. The molecule has 2 aliphatic carbocycles. The first kappa shape index (κ1) is 36.0. The SMILES string of the molecule is CO[C@H]1[C@H](O[C@@H]2c3c(cc4c(c3O)C(=O)c3c(O)cccc3C4=O)C(=O)[C@@](C)(O)[C@H]2OC)O[C@@H](C)[C@H](OC(=O)CCC2=C(C)C(=O)OC2=O)[C@H]1O. The molecule has 8 atom stereocenters. The summed E-state index contributed by atoms with van der Waals surface area (Å²) >= 11 is 0. The molecule has 0 spiro atoms. The summed E-state index contributed by atoms with van der Waals surface area (Å²) in [5.41, 5.74) is -4.27. The molecule has 0 amide bonds. The number of aliphatic hydroxyl groups excluding tert-OH is 1. The van der Waals surface area contributed by atoms with Gasteiger partial charge in [0.05, 0.1) is 17.2 Å². The van der Waals surface area contributed by atoms with Crippen LogP contribution >= 0.6 is 0 Å². The molecule has 51 heavy (non-hydrogen) atoms. The number of cyclic esters (lactones) is 2. The van der Waals surface area contributed by atoms with Gasteiger partial charge in [-0.2, -0.15) is 0 Å². The monoisotopic (exact) mass is 710 g/mol. The van der Waals surface area contributed by atoms with Gasteiger partial charge in [-0.05, 0) is 39.3 Å². The number of ether oxygens (including phenoxy) is 6. The number of esters is 3. The van der Waals surface area contributed by atoms with Crippen LogP contribution in [0, 0.1) is 0 Å². The summed E-state index contributed by atoms with van der Waals surface area (Å²) in [5.74, 6) is -6.47. The number of Topliss-reactive ketones (excluding diaryl/α,β-unsaturated/α-hetero) is 1. The van der Waals surface area contributed by atoms with Gasteiger partial charge < -0.3 is 48.8 Å². The maximum atomic E-state index is 13.7. The summed E-state index contributed by atoms with van der Waals surface area (Å²) < 4.78 is 33.2. The van der Waals surface area contributed by atoms with Crippen LogP contribution in [-0.4, -0.2) is 112 Å². The topological polar surface area (TPSA) is 239 Å². The molecule has 4 aliphatic rings. The normalized spacial score (nSPS) is 30.2. The van der Waals surface area contributed by atoms with Crippen molar-refractivity contribution in [2.24, 2.45) is 0 Å². The highest BCUT2D eigenvalue weighted by atomic mass is 16.7. The second-order valence-corrected chi connectivity index (χ2v) is 12.8. The Bertz CT molecular complexity index is 1920. The highest BCUT2D eigenvalue weighted by Gasteiger charge is 2.56. The first-order chi connectivity index (χ1) is 24.0. The Morgan fingerprint density at radius 2 is 1.65 bits per heavy atom. The molecule has 0 unspecified atom stereocenters. The Balaban J connectivity index is 1.31. The number of phenolic OH excluding ortho intramolecular Hbond substituents is 2. The maximum Gasteiger partial charge on any atom is 0.342 e. The largest absolute Gasteiger partial charge is 0.507 e. The van der Waals surface area contributed by atoms with Crippen molar-refractivity contribution in [3.05, 3.63) is 68.8 Å². The molecule has 0 aromatic heterocycles. The van der Waals surface area contributed by atoms with E-state index in [9.17, 15) is 49.2 Å². The minimum absolute atomic E-state index is 0.0279. The molecule has 2 heterocycles. The number of aliphatic hydroxyl groups is 2. The molecule has 4 N–H and O–H groups in total. The van der Waals surface area contributed by atoms with E-state index in [0.717, 1.165) is 20.1 Å². The van der Waals surface area contributed by atoms with E-state index in [0.29, 0.717) is 0 Å². The zero-order valence-corrected chi connectivity index (χ0v) is 28.0. The molecule has 2 aromatic carbocycles. The number of carbonyl (C=O) groups excluding carboxylic acids is 6. The number of hydrogen-bond acceptors (Lipinski definition) is 16. The van der Waals surface area contributed by atoms with Crippen molar-refractivity contribution in [1.29, 1.82) is 0 Å². The molecular weight excluding hydrogens is 676 g/mol. The van der Waals surface area contributed by atoms with Crippen LogP contribution in [0.25, 0.3) is 0 Å². The van der Waals surface area contributed by atoms with E-state index in [1.54, 1.807) is 0 Å². The number of ketones is 3. The van der Waals surface area contributed by atoms with Crippen LogP contribution in [0.2, 0.25) is 0 Å². The van der Waals surface area contributed by atoms with E-state index in [-0.39, 0.29) is 51.8 Å². The third-order valence-corrected chi connectivity index (χ3v) is 9.74. The number of methoxy groups -OCH3 is 2. The molecule has 0 saturated carbocycles. The van der Waals surface area contributed by atoms with E-state index < -0.39 is 101 Å². The van der Waals surface area contributed by atoms with E-state index >= 15 is 0 Å². The van der Waals surface area contributed by atoms with Crippen molar-refractivity contribution in [1.82, 2.24) is 0 Å². The third kappa shape index (κ3) is 5.64. The molecule has 1 fully saturated rings. The molecule has 16 nitrogen and oxygen atoms in total. The van der Waals surface area contributed by atoms with E-state index in [1.807, 2.05) is 0 Å². The number of phenols is 2. The van der Waals surface area contributed by atoms with Crippen LogP contribution in [-0.2, 0) is 42.8 Å². The number of benzene rings is 2. The molecule has 16 heteroatoms. The van der Waals surface area contributed by atoms with Crippen LogP contribution in [0.3, 0.4) is 0 Å². The van der Waals surface area contributed by atoms with Gasteiger partial charge in [0.1, 0.15) is 35.9 Å². The Hall–Kier alpha value is -4.84. The summed E-state index contributed by atoms with van der Waals surface area (Å²) in [6.45, 7) is 3.98. The predicted octanol–water partition coefficient (Wildman–Crippen LogP) is 1.11. The zero-order valence-electron chi connectivity index (χ0n) is 28.0. The van der Waals surface area contributed by atoms with Gasteiger partial charge in [-0.3, -0.25) is 19.2 Å². The lowest BCUT2D eigenvalue weighted by Gasteiger charge is -2.46. The van der Waals surface area contributed by atoms with Gasteiger partial charge in [0.2, 0.25) is 5.78 Å². The van der Waals surface area contributed by atoms with Crippen molar-refractivity contribution >= 4 is 35.3 Å². The number of carbonyl (C=O) groups is 6. The highest BCUT2D eigenvalue weighted by Crippen LogP contribution is 2.49. The predicted molar refractivity (Wildman–Crippen MR) is 167 cm³/mol. The van der Waals surface area contributed by atoms with Crippen LogP contribution < -0.4 is 0 Å². The number of rotatable bonds is 8. The Morgan fingerprint density at radius 3 is 2.27 bits per heavy atom. The van der Waals surface area contributed by atoms with E-state index in [2.05, 4.69) is 4.74 Å². The minimum atomic E-state index is -2.32. The van der Waals surface area contributed by atoms with E-state index in [4.69, 9.17) is 23.7 Å². The fourth-order valence-corrected chi connectivity index (χ4v) is 7.04. The molecule has 270 valence electrons. The fourth-order valence-electron chi connectivity index (χ4n) is 7.04. The second kappa shape index (κ2) is 13.0. The molecule has 2 aliphatic heterocycles. The summed E-state index contributed by atoms with van der Waals surface area (Å²) in [7, 11) is 2.36. The van der Waals surface area contributed by atoms with Gasteiger partial charge in [-0.1, -0.05) is 12.1 Å². The van der Waals surface area contributed by atoms with Crippen LogP contribution in [0.4, 0.5) is 0 Å². The van der Waals surface area contributed by atoms with Gasteiger partial charge in [0, 0.05) is 54.0 Å². The van der Waals surface area contributed by atoms with Gasteiger partial charge in [-0.15, -0.1) is 0 Å². The summed E-state index contributed by atoms with van der Waals surface area (Å²) in [4.78, 5) is 77.2. The lowest BCUT2D eigenvalue weighted by atomic mass is 9.72. The highest BCUT2D eigenvalue weighted by molar-refractivity contribution is 6.31. The van der Waals surface area contributed by atoms with Crippen LogP contribution in [0.15, 0.2) is 35.4 Å². The molecule has 0 bridgehead atoms. The van der Waals surface area contributed by atoms with Gasteiger partial charge in [-0.25, -0.2) is 9.59 Å². The summed E-state index contributed by atoms with van der Waals surface area (Å²) in [6.07, 6.45) is -10.6. The Labute approximate surface area is 289 Å². The van der Waals surface area contributed by atoms with E-state index in [1.165, 1.54) is 39.2 Å². The number of hydrogen-bond donors (Lipinski definition) is 4. The van der Waals surface area contributed by atoms with Crippen molar-refractivity contribution in [3.8, 4) is 11.5 Å². The first-order valence-electron chi connectivity index (χ1n) is 15.8. The summed E-state index contributed by atoms with van der Waals surface area (Å²) in [6, 6.07) is 4.94. The Morgan fingerprint density at radius 1 is 0.941 bits per heavy atom. The first-order valence-corrected chi connectivity index (χ1v) is 15.8. The second-order valence-electron chi connectivity index (χ2n) is 12.8. The van der Waals surface area contributed by atoms with Crippen molar-refractivity contribution in [3.63, 3.8) is 0 Å². The minimum Gasteiger partial charge on any atom is -0.507 e. The average Bonchev–Trinajstić information content (AvgIpc) is 3.32. The van der Waals surface area contributed by atoms with Crippen LogP contribution in [0.1, 0.15) is 87.5 Å². The average molecular weight is 711 g/mol. The lowest BCUT2D eigenvalue weighted by Crippen LogP contribution is -2.61. The zero-order chi connectivity index (χ0) is 37.3. The summed E-state index contributed by atoms with van der Waals surface area (Å²) in [5, 5.41) is 44.9. The Kier molecular flexibility index (Phi) is 9.20. The lowest BCUT2D eigenvalue weighted by molar-refractivity contribution is -0.322. The van der Waals surface area contributed by atoms with Gasteiger partial charge in [0.15, 0.2) is 29.6 Å².